The topological polar surface area (TPSA) is 63.2 Å². The molecule has 4 nitrogen and oxygen atoms in total. The van der Waals surface area contributed by atoms with Crippen LogP contribution < -0.4 is 5.32 Å². The van der Waals surface area contributed by atoms with E-state index < -0.39 is 9.84 Å². The summed E-state index contributed by atoms with van der Waals surface area (Å²) >= 11 is 3.45. The summed E-state index contributed by atoms with van der Waals surface area (Å²) in [6, 6.07) is 7.76. The van der Waals surface area contributed by atoms with E-state index in [2.05, 4.69) is 21.2 Å². The van der Waals surface area contributed by atoms with Crippen LogP contribution in [0.5, 0.6) is 0 Å². The van der Waals surface area contributed by atoms with Gasteiger partial charge < -0.3 is 5.32 Å². The van der Waals surface area contributed by atoms with Crippen LogP contribution in [0.1, 0.15) is 24.8 Å². The number of hydrogen-bond donors (Lipinski definition) is 1. The number of sulfone groups is 1. The molecule has 0 aromatic heterocycles. The van der Waals surface area contributed by atoms with E-state index in [0.717, 1.165) is 16.3 Å². The Morgan fingerprint density at radius 2 is 2.00 bits per heavy atom. The molecule has 0 saturated heterocycles. The fourth-order valence-corrected chi connectivity index (χ4v) is 2.86. The zero-order chi connectivity index (χ0) is 14.5. The van der Waals surface area contributed by atoms with Crippen molar-refractivity contribution >= 4 is 31.7 Å². The Kier molecular flexibility index (Phi) is 6.00. The van der Waals surface area contributed by atoms with Gasteiger partial charge in [-0.05, 0) is 17.5 Å². The average molecular weight is 348 g/mol. The van der Waals surface area contributed by atoms with E-state index in [0.29, 0.717) is 6.42 Å². The van der Waals surface area contributed by atoms with Gasteiger partial charge in [0.1, 0.15) is 9.84 Å². The summed E-state index contributed by atoms with van der Waals surface area (Å²) in [6.45, 7) is 2.14. The molecule has 106 valence electrons. The molecular weight excluding hydrogens is 330 g/mol. The molecule has 1 amide bonds. The Bertz CT molecular complexity index is 543. The summed E-state index contributed by atoms with van der Waals surface area (Å²) in [5.41, 5.74) is 1.07. The lowest BCUT2D eigenvalue weighted by Crippen LogP contribution is -2.29. The van der Waals surface area contributed by atoms with E-state index >= 15 is 0 Å². The highest BCUT2D eigenvalue weighted by atomic mass is 79.9. The first kappa shape index (κ1) is 16.2. The zero-order valence-electron chi connectivity index (χ0n) is 11.0. The number of rotatable bonds is 6. The van der Waals surface area contributed by atoms with Crippen LogP contribution in [0, 0.1) is 0 Å². The second-order valence-corrected chi connectivity index (χ2v) is 7.72. The summed E-state index contributed by atoms with van der Waals surface area (Å²) in [7, 11) is -3.03. The van der Waals surface area contributed by atoms with Crippen LogP contribution in [0.4, 0.5) is 0 Å². The predicted molar refractivity (Wildman–Crippen MR) is 79.9 cm³/mol. The summed E-state index contributed by atoms with van der Waals surface area (Å²) in [5.74, 6) is -0.0805. The van der Waals surface area contributed by atoms with E-state index in [1.165, 1.54) is 0 Å². The lowest BCUT2D eigenvalue weighted by molar-refractivity contribution is -0.121. The highest BCUT2D eigenvalue weighted by Gasteiger charge is 2.13. The van der Waals surface area contributed by atoms with Gasteiger partial charge in [-0.1, -0.05) is 41.1 Å². The van der Waals surface area contributed by atoms with Crippen molar-refractivity contribution in [3.8, 4) is 0 Å². The van der Waals surface area contributed by atoms with Gasteiger partial charge in [-0.2, -0.15) is 0 Å². The Balaban J connectivity index is 2.47. The van der Waals surface area contributed by atoms with E-state index in [1.807, 2.05) is 31.2 Å². The minimum Gasteiger partial charge on any atom is -0.355 e. The van der Waals surface area contributed by atoms with Gasteiger partial charge in [0.15, 0.2) is 0 Å². The van der Waals surface area contributed by atoms with Gasteiger partial charge in [-0.15, -0.1) is 0 Å². The third-order valence-electron chi connectivity index (χ3n) is 2.72. The van der Waals surface area contributed by atoms with Gasteiger partial charge in [0.25, 0.3) is 0 Å². The van der Waals surface area contributed by atoms with E-state index in [-0.39, 0.29) is 24.1 Å². The molecule has 0 saturated carbocycles. The maximum absolute atomic E-state index is 11.7. The summed E-state index contributed by atoms with van der Waals surface area (Å²) in [4.78, 5) is 11.7. The largest absolute Gasteiger partial charge is 0.355 e. The second kappa shape index (κ2) is 7.05. The van der Waals surface area contributed by atoms with Crippen LogP contribution in [-0.2, 0) is 14.6 Å². The predicted octanol–water partition coefficient (Wildman–Crippen LogP) is 2.10. The van der Waals surface area contributed by atoms with Crippen molar-refractivity contribution in [3.05, 3.63) is 34.3 Å². The quantitative estimate of drug-likeness (QED) is 0.856. The number of carbonyl (C=O) groups excluding carboxylic acids is 1. The molecule has 0 radical (unpaired) electrons. The molecule has 1 rings (SSSR count). The Hall–Kier alpha value is -0.880. The molecule has 19 heavy (non-hydrogen) atoms. The molecule has 0 aliphatic carbocycles. The Morgan fingerprint density at radius 3 is 2.58 bits per heavy atom. The summed E-state index contributed by atoms with van der Waals surface area (Å²) in [6.07, 6.45) is 1.50. The summed E-state index contributed by atoms with van der Waals surface area (Å²) in [5, 5.41) is 2.63. The first-order chi connectivity index (χ1) is 8.79. The highest BCUT2D eigenvalue weighted by Crippen LogP contribution is 2.26. The first-order valence-corrected chi connectivity index (χ1v) is 8.84. The lowest BCUT2D eigenvalue weighted by atomic mass is 9.97. The molecular formula is C13H18BrNO3S. The second-order valence-electron chi connectivity index (χ2n) is 4.61. The molecule has 0 bridgehead atoms. The van der Waals surface area contributed by atoms with Crippen molar-refractivity contribution in [2.45, 2.75) is 19.3 Å². The molecule has 0 heterocycles. The maximum Gasteiger partial charge on any atom is 0.220 e. The molecule has 1 atom stereocenters. The van der Waals surface area contributed by atoms with Crippen molar-refractivity contribution in [2.24, 2.45) is 0 Å². The number of nitrogens with one attached hydrogen (secondary N) is 1. The Labute approximate surface area is 122 Å². The fourth-order valence-electron chi connectivity index (χ4n) is 1.71. The van der Waals surface area contributed by atoms with Crippen molar-refractivity contribution in [1.82, 2.24) is 5.32 Å². The molecule has 0 aliphatic heterocycles. The first-order valence-electron chi connectivity index (χ1n) is 5.98. The van der Waals surface area contributed by atoms with Gasteiger partial charge in [-0.3, -0.25) is 4.79 Å². The normalized spacial score (nSPS) is 13.0. The van der Waals surface area contributed by atoms with Gasteiger partial charge in [0.05, 0.1) is 5.75 Å². The van der Waals surface area contributed by atoms with Crippen LogP contribution in [0.3, 0.4) is 0 Å². The molecule has 0 fully saturated rings. The van der Waals surface area contributed by atoms with Crippen molar-refractivity contribution in [2.75, 3.05) is 18.6 Å². The van der Waals surface area contributed by atoms with Gasteiger partial charge in [0, 0.05) is 23.7 Å². The minimum absolute atomic E-state index is 0.0256. The number of benzene rings is 1. The monoisotopic (exact) mass is 347 g/mol. The number of hydrogen-bond acceptors (Lipinski definition) is 3. The van der Waals surface area contributed by atoms with Crippen LogP contribution in [0.15, 0.2) is 28.7 Å². The van der Waals surface area contributed by atoms with Crippen LogP contribution in [0.25, 0.3) is 0 Å². The van der Waals surface area contributed by atoms with Gasteiger partial charge >= 0.3 is 0 Å². The van der Waals surface area contributed by atoms with E-state index in [1.54, 1.807) is 0 Å². The summed E-state index contributed by atoms with van der Waals surface area (Å²) < 4.78 is 22.9. The van der Waals surface area contributed by atoms with Crippen LogP contribution in [-0.4, -0.2) is 32.9 Å². The van der Waals surface area contributed by atoms with Gasteiger partial charge in [0.2, 0.25) is 5.91 Å². The third-order valence-corrected chi connectivity index (χ3v) is 4.39. The molecule has 6 heteroatoms. The Morgan fingerprint density at radius 1 is 1.37 bits per heavy atom. The van der Waals surface area contributed by atoms with Crippen LogP contribution >= 0.6 is 15.9 Å². The molecule has 0 spiro atoms. The third kappa shape index (κ3) is 6.20. The average Bonchev–Trinajstić information content (AvgIpc) is 2.27. The van der Waals surface area contributed by atoms with Crippen molar-refractivity contribution in [3.63, 3.8) is 0 Å². The zero-order valence-corrected chi connectivity index (χ0v) is 13.4. The number of carbonyl (C=O) groups is 1. The van der Waals surface area contributed by atoms with Crippen LogP contribution in [0.2, 0.25) is 0 Å². The maximum atomic E-state index is 11.7. The SMILES string of the molecule is C[C@@H](CC(=O)NCCS(C)(=O)=O)c1ccccc1Br. The molecule has 1 aromatic rings. The fraction of sp³-hybridized carbons (Fsp3) is 0.462. The highest BCUT2D eigenvalue weighted by molar-refractivity contribution is 9.10. The molecule has 1 N–H and O–H groups in total. The smallest absolute Gasteiger partial charge is 0.220 e. The minimum atomic E-state index is -3.03. The molecule has 1 aromatic carbocycles. The number of amides is 1. The van der Waals surface area contributed by atoms with E-state index in [4.69, 9.17) is 0 Å². The number of halogens is 1. The lowest BCUT2D eigenvalue weighted by Gasteiger charge is -2.13. The molecule has 0 aliphatic rings. The van der Waals surface area contributed by atoms with E-state index in [9.17, 15) is 13.2 Å². The standard InChI is InChI=1S/C13H18BrNO3S/c1-10(11-5-3-4-6-12(11)14)9-13(16)15-7-8-19(2,17)18/h3-6,10H,7-9H2,1-2H3,(H,15,16)/t10-/m0/s1. The molecule has 0 unspecified atom stereocenters. The van der Waals surface area contributed by atoms with Crippen molar-refractivity contribution < 1.29 is 13.2 Å². The van der Waals surface area contributed by atoms with Gasteiger partial charge in [-0.25, -0.2) is 8.42 Å². The van der Waals surface area contributed by atoms with Crippen molar-refractivity contribution in [1.29, 1.82) is 0 Å².